The van der Waals surface area contributed by atoms with Gasteiger partial charge in [-0.1, -0.05) is 13.5 Å². The van der Waals surface area contributed by atoms with Crippen LogP contribution in [0.4, 0.5) is 23.2 Å². The first-order chi connectivity index (χ1) is 14.1. The van der Waals surface area contributed by atoms with Crippen molar-refractivity contribution in [1.29, 1.82) is 0 Å². The third-order valence-electron chi connectivity index (χ3n) is 5.65. The molecule has 1 fully saturated rings. The van der Waals surface area contributed by atoms with Crippen LogP contribution in [0, 0.1) is 17.0 Å². The fourth-order valence-corrected chi connectivity index (χ4v) is 4.27. The van der Waals surface area contributed by atoms with Gasteiger partial charge in [-0.2, -0.15) is 0 Å². The average Bonchev–Trinajstić information content (AvgIpc) is 2.62. The molecular formula is C23H24F4N2O. The van der Waals surface area contributed by atoms with Gasteiger partial charge in [0.05, 0.1) is 5.57 Å². The van der Waals surface area contributed by atoms with Crippen LogP contribution in [0.1, 0.15) is 39.5 Å². The van der Waals surface area contributed by atoms with E-state index in [0.29, 0.717) is 24.1 Å². The van der Waals surface area contributed by atoms with Crippen LogP contribution in [-0.4, -0.2) is 18.4 Å². The molecule has 3 nitrogen and oxygen atoms in total. The monoisotopic (exact) mass is 420 g/mol. The standard InChI is InChI=1S/C23H24F4N2O/c1-4-18(22(3)12-23(26,27)13-22)16-6-5-9-28-11-17(14(16)2)21(30)29-15-7-8-19(24)20(25)10-15/h7-8,10-11,28H,1,5-6,9,12-13H2,2-3H3,(H,29,30)/b16-14+,17-11+. The predicted molar refractivity (Wildman–Crippen MR) is 108 cm³/mol. The van der Waals surface area contributed by atoms with Crippen molar-refractivity contribution < 1.29 is 22.4 Å². The Morgan fingerprint density at radius 2 is 1.93 bits per heavy atom. The molecule has 0 aromatic heterocycles. The summed E-state index contributed by atoms with van der Waals surface area (Å²) in [6, 6.07) is 3.09. The Kier molecular flexibility index (Phi) is 5.95. The van der Waals surface area contributed by atoms with Gasteiger partial charge < -0.3 is 10.6 Å². The molecule has 1 saturated carbocycles. The Balaban J connectivity index is 1.94. The molecule has 0 spiro atoms. The van der Waals surface area contributed by atoms with E-state index in [1.54, 1.807) is 20.0 Å². The summed E-state index contributed by atoms with van der Waals surface area (Å²) in [5.41, 5.74) is 4.51. The van der Waals surface area contributed by atoms with Crippen molar-refractivity contribution in [1.82, 2.24) is 5.32 Å². The normalized spacial score (nSPS) is 24.1. The third-order valence-corrected chi connectivity index (χ3v) is 5.65. The Labute approximate surface area is 173 Å². The first-order valence-corrected chi connectivity index (χ1v) is 9.75. The second-order valence-corrected chi connectivity index (χ2v) is 8.12. The molecule has 0 bridgehead atoms. The van der Waals surface area contributed by atoms with Crippen LogP contribution in [0.3, 0.4) is 0 Å². The van der Waals surface area contributed by atoms with Gasteiger partial charge in [0.15, 0.2) is 11.6 Å². The lowest BCUT2D eigenvalue weighted by Crippen LogP contribution is -2.45. The van der Waals surface area contributed by atoms with Gasteiger partial charge >= 0.3 is 0 Å². The minimum atomic E-state index is -2.71. The molecule has 1 aliphatic heterocycles. The zero-order valence-corrected chi connectivity index (χ0v) is 17.0. The van der Waals surface area contributed by atoms with Crippen LogP contribution in [-0.2, 0) is 4.79 Å². The second-order valence-electron chi connectivity index (χ2n) is 8.12. The molecule has 1 aliphatic carbocycles. The summed E-state index contributed by atoms with van der Waals surface area (Å²) < 4.78 is 53.9. The van der Waals surface area contributed by atoms with Crippen molar-refractivity contribution in [2.75, 3.05) is 11.9 Å². The molecule has 0 unspecified atom stereocenters. The molecule has 1 aromatic carbocycles. The minimum absolute atomic E-state index is 0.112. The molecule has 30 heavy (non-hydrogen) atoms. The molecular weight excluding hydrogens is 396 g/mol. The molecule has 2 aliphatic rings. The van der Waals surface area contributed by atoms with Crippen LogP contribution < -0.4 is 10.6 Å². The van der Waals surface area contributed by atoms with Crippen molar-refractivity contribution in [2.24, 2.45) is 5.41 Å². The van der Waals surface area contributed by atoms with Crippen molar-refractivity contribution in [3.63, 3.8) is 0 Å². The fourth-order valence-electron chi connectivity index (χ4n) is 4.27. The van der Waals surface area contributed by atoms with Crippen LogP contribution in [0.15, 0.2) is 59.0 Å². The number of nitrogens with one attached hydrogen (secondary N) is 2. The maximum atomic E-state index is 13.6. The smallest absolute Gasteiger partial charge is 0.257 e. The minimum Gasteiger partial charge on any atom is -0.390 e. The zero-order chi connectivity index (χ0) is 22.1. The number of carbonyl (C=O) groups is 1. The number of carbonyl (C=O) groups excluding carboxylic acids is 1. The topological polar surface area (TPSA) is 41.1 Å². The summed E-state index contributed by atoms with van der Waals surface area (Å²) in [6.07, 6.45) is 2.31. The summed E-state index contributed by atoms with van der Waals surface area (Å²) in [7, 11) is 0. The van der Waals surface area contributed by atoms with E-state index in [4.69, 9.17) is 0 Å². The van der Waals surface area contributed by atoms with Crippen molar-refractivity contribution in [3.8, 4) is 0 Å². The second kappa shape index (κ2) is 8.15. The number of anilines is 1. The Morgan fingerprint density at radius 1 is 1.23 bits per heavy atom. The van der Waals surface area contributed by atoms with Gasteiger partial charge in [-0.15, -0.1) is 5.73 Å². The highest BCUT2D eigenvalue weighted by Gasteiger charge is 2.56. The van der Waals surface area contributed by atoms with E-state index in [0.717, 1.165) is 24.1 Å². The molecule has 0 saturated heterocycles. The van der Waals surface area contributed by atoms with E-state index < -0.39 is 28.9 Å². The number of hydrogen-bond acceptors (Lipinski definition) is 2. The number of hydrogen-bond donors (Lipinski definition) is 2. The van der Waals surface area contributed by atoms with Crippen molar-refractivity contribution >= 4 is 11.6 Å². The average molecular weight is 420 g/mol. The molecule has 0 radical (unpaired) electrons. The van der Waals surface area contributed by atoms with Gasteiger partial charge in [0, 0.05) is 48.3 Å². The van der Waals surface area contributed by atoms with Crippen LogP contribution in [0.25, 0.3) is 0 Å². The number of rotatable bonds is 4. The predicted octanol–water partition coefficient (Wildman–Crippen LogP) is 5.63. The summed E-state index contributed by atoms with van der Waals surface area (Å²) in [5, 5.41) is 5.62. The van der Waals surface area contributed by atoms with Gasteiger partial charge in [-0.05, 0) is 43.0 Å². The molecule has 1 aromatic rings. The highest BCUT2D eigenvalue weighted by atomic mass is 19.3. The lowest BCUT2D eigenvalue weighted by molar-refractivity contribution is -0.138. The summed E-state index contributed by atoms with van der Waals surface area (Å²) in [5.74, 6) is -5.30. The number of halogens is 4. The zero-order valence-electron chi connectivity index (χ0n) is 17.0. The van der Waals surface area contributed by atoms with Gasteiger partial charge in [0.2, 0.25) is 5.92 Å². The first-order valence-electron chi connectivity index (χ1n) is 9.75. The van der Waals surface area contributed by atoms with Crippen molar-refractivity contribution in [3.05, 3.63) is 70.6 Å². The van der Waals surface area contributed by atoms with Gasteiger partial charge in [-0.3, -0.25) is 4.79 Å². The Bertz CT molecular complexity index is 979. The number of alkyl halides is 2. The van der Waals surface area contributed by atoms with E-state index in [1.165, 1.54) is 6.07 Å². The van der Waals surface area contributed by atoms with Gasteiger partial charge in [0.1, 0.15) is 0 Å². The van der Waals surface area contributed by atoms with Crippen LogP contribution in [0.5, 0.6) is 0 Å². The van der Waals surface area contributed by atoms with Crippen molar-refractivity contribution in [2.45, 2.75) is 45.5 Å². The summed E-state index contributed by atoms with van der Waals surface area (Å²) >= 11 is 0. The molecule has 0 atom stereocenters. The quantitative estimate of drug-likeness (QED) is 0.489. The van der Waals surface area contributed by atoms with Gasteiger partial charge in [0.25, 0.3) is 5.91 Å². The number of amides is 1. The maximum absolute atomic E-state index is 13.6. The molecule has 2 N–H and O–H groups in total. The first kappa shape index (κ1) is 21.9. The maximum Gasteiger partial charge on any atom is 0.257 e. The van der Waals surface area contributed by atoms with E-state index in [-0.39, 0.29) is 24.1 Å². The third kappa shape index (κ3) is 4.36. The highest BCUT2D eigenvalue weighted by molar-refractivity contribution is 6.07. The fraction of sp³-hybridized carbons (Fsp3) is 0.391. The summed E-state index contributed by atoms with van der Waals surface area (Å²) in [4.78, 5) is 12.9. The largest absolute Gasteiger partial charge is 0.390 e. The number of allylic oxidation sites excluding steroid dienone is 2. The summed E-state index contributed by atoms with van der Waals surface area (Å²) in [6.45, 7) is 7.83. The van der Waals surface area contributed by atoms with E-state index in [1.807, 2.05) is 0 Å². The van der Waals surface area contributed by atoms with E-state index in [2.05, 4.69) is 22.9 Å². The van der Waals surface area contributed by atoms with E-state index >= 15 is 0 Å². The highest BCUT2D eigenvalue weighted by Crippen LogP contribution is 2.57. The Hall–Kier alpha value is -2.79. The molecule has 3 rings (SSSR count). The van der Waals surface area contributed by atoms with E-state index in [9.17, 15) is 22.4 Å². The molecule has 160 valence electrons. The van der Waals surface area contributed by atoms with Crippen LogP contribution in [0.2, 0.25) is 0 Å². The SMILES string of the molecule is C=C=C(/C1=C(C)/C(C(=O)Nc2ccc(F)c(F)c2)=C\NCCC1)C1(C)CC(F)(F)C1. The Morgan fingerprint density at radius 3 is 2.53 bits per heavy atom. The van der Waals surface area contributed by atoms with Gasteiger partial charge in [-0.25, -0.2) is 17.6 Å². The lowest BCUT2D eigenvalue weighted by atomic mass is 9.60. The van der Waals surface area contributed by atoms with Crippen LogP contribution >= 0.6 is 0 Å². The lowest BCUT2D eigenvalue weighted by Gasteiger charge is -2.46. The molecule has 7 heteroatoms. The molecule has 1 heterocycles. The number of benzene rings is 1. The molecule has 1 amide bonds.